The summed E-state index contributed by atoms with van der Waals surface area (Å²) in [6.07, 6.45) is 1.52. The zero-order valence-corrected chi connectivity index (χ0v) is 16.4. The van der Waals surface area contributed by atoms with Crippen LogP contribution < -0.4 is 5.32 Å². The third kappa shape index (κ3) is 7.01. The van der Waals surface area contributed by atoms with Gasteiger partial charge in [-0.05, 0) is 48.4 Å². The van der Waals surface area contributed by atoms with Crippen LogP contribution >= 0.6 is 0 Å². The maximum atomic E-state index is 12.1. The van der Waals surface area contributed by atoms with Crippen LogP contribution in [0.15, 0.2) is 48.5 Å². The molecule has 0 aliphatic carbocycles. The van der Waals surface area contributed by atoms with Gasteiger partial charge >= 0.3 is 0 Å². The lowest BCUT2D eigenvalue weighted by molar-refractivity contribution is -0.121. The number of hydrogen-bond donors (Lipinski definition) is 1. The molecule has 26 heavy (non-hydrogen) atoms. The van der Waals surface area contributed by atoms with Crippen LogP contribution in [0.3, 0.4) is 0 Å². The molecule has 2 aromatic rings. The highest BCUT2D eigenvalue weighted by Crippen LogP contribution is 2.15. The van der Waals surface area contributed by atoms with Crippen molar-refractivity contribution in [3.63, 3.8) is 0 Å². The van der Waals surface area contributed by atoms with Crippen LogP contribution in [0, 0.1) is 0 Å². The Kier molecular flexibility index (Phi) is 7.86. The fraction of sp³-hybridized carbons (Fsp3) is 0.435. The van der Waals surface area contributed by atoms with Crippen molar-refractivity contribution in [2.45, 2.75) is 65.7 Å². The van der Waals surface area contributed by atoms with E-state index in [2.05, 4.69) is 55.6 Å². The lowest BCUT2D eigenvalue weighted by Crippen LogP contribution is -2.23. The molecule has 0 aliphatic rings. The molecule has 3 nitrogen and oxygen atoms in total. The molecule has 2 aromatic carbocycles. The standard InChI is InChI=1S/C23H31NO2/c1-17(2)22-12-9-19(10-13-22)11-14-23(25)24-15-20-5-7-21(8-6-20)16-26-18(3)4/h5-10,12-13,17-18H,11,14-16H2,1-4H3,(H,24,25). The summed E-state index contributed by atoms with van der Waals surface area (Å²) in [5, 5.41) is 3.00. The van der Waals surface area contributed by atoms with E-state index >= 15 is 0 Å². The van der Waals surface area contributed by atoms with Crippen molar-refractivity contribution in [2.75, 3.05) is 0 Å². The van der Waals surface area contributed by atoms with E-state index in [9.17, 15) is 4.79 Å². The number of nitrogens with one attached hydrogen (secondary N) is 1. The summed E-state index contributed by atoms with van der Waals surface area (Å²) in [7, 11) is 0. The first-order valence-electron chi connectivity index (χ1n) is 9.49. The van der Waals surface area contributed by atoms with Gasteiger partial charge in [-0.25, -0.2) is 0 Å². The topological polar surface area (TPSA) is 38.3 Å². The van der Waals surface area contributed by atoms with E-state index < -0.39 is 0 Å². The third-order valence-electron chi connectivity index (χ3n) is 4.38. The molecule has 0 spiro atoms. The van der Waals surface area contributed by atoms with Gasteiger partial charge in [-0.2, -0.15) is 0 Å². The highest BCUT2D eigenvalue weighted by Gasteiger charge is 2.04. The number of carbonyl (C=O) groups excluding carboxylic acids is 1. The highest BCUT2D eigenvalue weighted by molar-refractivity contribution is 5.76. The molecule has 0 atom stereocenters. The van der Waals surface area contributed by atoms with E-state index in [0.717, 1.165) is 17.5 Å². The number of ether oxygens (including phenoxy) is 1. The summed E-state index contributed by atoms with van der Waals surface area (Å²) >= 11 is 0. The summed E-state index contributed by atoms with van der Waals surface area (Å²) < 4.78 is 5.59. The summed E-state index contributed by atoms with van der Waals surface area (Å²) in [6, 6.07) is 16.8. The predicted molar refractivity (Wildman–Crippen MR) is 107 cm³/mol. The van der Waals surface area contributed by atoms with Gasteiger partial charge in [-0.3, -0.25) is 4.79 Å². The zero-order chi connectivity index (χ0) is 18.9. The van der Waals surface area contributed by atoms with Gasteiger partial charge in [0.05, 0.1) is 12.7 Å². The summed E-state index contributed by atoms with van der Waals surface area (Å²) in [5.41, 5.74) is 4.80. The largest absolute Gasteiger partial charge is 0.374 e. The number of rotatable bonds is 9. The lowest BCUT2D eigenvalue weighted by atomic mass is 10.0. The highest BCUT2D eigenvalue weighted by atomic mass is 16.5. The molecule has 2 rings (SSSR count). The fourth-order valence-electron chi connectivity index (χ4n) is 2.63. The third-order valence-corrected chi connectivity index (χ3v) is 4.38. The van der Waals surface area contributed by atoms with Crippen molar-refractivity contribution in [3.8, 4) is 0 Å². The van der Waals surface area contributed by atoms with Gasteiger partial charge in [0.1, 0.15) is 0 Å². The second kappa shape index (κ2) is 10.1. The van der Waals surface area contributed by atoms with Crippen molar-refractivity contribution in [3.05, 3.63) is 70.8 Å². The minimum atomic E-state index is 0.0881. The quantitative estimate of drug-likeness (QED) is 0.690. The van der Waals surface area contributed by atoms with Crippen LogP contribution in [0.25, 0.3) is 0 Å². The fourth-order valence-corrected chi connectivity index (χ4v) is 2.63. The van der Waals surface area contributed by atoms with Gasteiger partial charge in [0, 0.05) is 13.0 Å². The molecule has 3 heteroatoms. The minimum absolute atomic E-state index is 0.0881. The van der Waals surface area contributed by atoms with E-state index in [-0.39, 0.29) is 12.0 Å². The van der Waals surface area contributed by atoms with Crippen LogP contribution in [0.1, 0.15) is 62.3 Å². The average Bonchev–Trinajstić information content (AvgIpc) is 2.64. The number of benzene rings is 2. The lowest BCUT2D eigenvalue weighted by Gasteiger charge is -2.09. The molecular formula is C23H31NO2. The molecular weight excluding hydrogens is 322 g/mol. The minimum Gasteiger partial charge on any atom is -0.374 e. The van der Waals surface area contributed by atoms with Crippen molar-refractivity contribution in [2.24, 2.45) is 0 Å². The molecule has 1 amide bonds. The Morgan fingerprint density at radius 2 is 1.46 bits per heavy atom. The van der Waals surface area contributed by atoms with Gasteiger partial charge in [-0.1, -0.05) is 62.4 Å². The van der Waals surface area contributed by atoms with E-state index in [1.807, 2.05) is 26.0 Å². The predicted octanol–water partition coefficient (Wildman–Crippen LogP) is 4.98. The normalized spacial score (nSPS) is 11.2. The molecule has 0 aliphatic heterocycles. The van der Waals surface area contributed by atoms with E-state index in [0.29, 0.717) is 25.5 Å². The molecule has 0 aromatic heterocycles. The Morgan fingerprint density at radius 3 is 2.04 bits per heavy atom. The van der Waals surface area contributed by atoms with Crippen LogP contribution in [0.4, 0.5) is 0 Å². The Balaban J connectivity index is 1.72. The number of carbonyl (C=O) groups is 1. The summed E-state index contributed by atoms with van der Waals surface area (Å²) in [4.78, 5) is 12.1. The average molecular weight is 354 g/mol. The molecule has 0 bridgehead atoms. The molecule has 0 radical (unpaired) electrons. The molecule has 0 unspecified atom stereocenters. The van der Waals surface area contributed by atoms with E-state index in [4.69, 9.17) is 4.74 Å². The molecule has 0 heterocycles. The Bertz CT molecular complexity index is 672. The van der Waals surface area contributed by atoms with E-state index in [1.54, 1.807) is 0 Å². The van der Waals surface area contributed by atoms with Gasteiger partial charge < -0.3 is 10.1 Å². The Morgan fingerprint density at radius 1 is 0.885 bits per heavy atom. The van der Waals surface area contributed by atoms with E-state index in [1.165, 1.54) is 11.1 Å². The molecule has 0 saturated carbocycles. The maximum Gasteiger partial charge on any atom is 0.220 e. The molecule has 1 N–H and O–H groups in total. The number of amides is 1. The van der Waals surface area contributed by atoms with Crippen LogP contribution in [-0.4, -0.2) is 12.0 Å². The van der Waals surface area contributed by atoms with Crippen LogP contribution in [0.2, 0.25) is 0 Å². The van der Waals surface area contributed by atoms with Gasteiger partial charge in [-0.15, -0.1) is 0 Å². The first-order chi connectivity index (χ1) is 12.4. The molecule has 0 fully saturated rings. The second-order valence-corrected chi connectivity index (χ2v) is 7.35. The van der Waals surface area contributed by atoms with Gasteiger partial charge in [0.2, 0.25) is 5.91 Å². The van der Waals surface area contributed by atoms with Crippen molar-refractivity contribution >= 4 is 5.91 Å². The number of hydrogen-bond acceptors (Lipinski definition) is 2. The Labute approximate surface area is 157 Å². The second-order valence-electron chi connectivity index (χ2n) is 7.35. The van der Waals surface area contributed by atoms with Gasteiger partial charge in [0.25, 0.3) is 0 Å². The maximum absolute atomic E-state index is 12.1. The zero-order valence-electron chi connectivity index (χ0n) is 16.4. The first-order valence-corrected chi connectivity index (χ1v) is 9.49. The monoisotopic (exact) mass is 353 g/mol. The van der Waals surface area contributed by atoms with Crippen LogP contribution in [-0.2, 0) is 29.1 Å². The Hall–Kier alpha value is -2.13. The number of aryl methyl sites for hydroxylation is 1. The smallest absolute Gasteiger partial charge is 0.220 e. The van der Waals surface area contributed by atoms with Crippen molar-refractivity contribution in [1.29, 1.82) is 0 Å². The van der Waals surface area contributed by atoms with Crippen molar-refractivity contribution in [1.82, 2.24) is 5.32 Å². The summed E-state index contributed by atoms with van der Waals surface area (Å²) in [5.74, 6) is 0.626. The first kappa shape index (κ1) is 20.2. The van der Waals surface area contributed by atoms with Gasteiger partial charge in [0.15, 0.2) is 0 Å². The SMILES string of the molecule is CC(C)OCc1ccc(CNC(=O)CCc2ccc(C(C)C)cc2)cc1. The van der Waals surface area contributed by atoms with Crippen LogP contribution in [0.5, 0.6) is 0 Å². The molecule has 140 valence electrons. The van der Waals surface area contributed by atoms with Crippen molar-refractivity contribution < 1.29 is 9.53 Å². The summed E-state index contributed by atoms with van der Waals surface area (Å²) in [6.45, 7) is 9.63. The molecule has 0 saturated heterocycles.